The monoisotopic (exact) mass is 240 g/mol. The molecule has 0 unspecified atom stereocenters. The van der Waals surface area contributed by atoms with E-state index in [0.29, 0.717) is 18.9 Å². The van der Waals surface area contributed by atoms with Crippen molar-refractivity contribution in [2.45, 2.75) is 46.6 Å². The van der Waals surface area contributed by atoms with Crippen molar-refractivity contribution in [1.82, 2.24) is 10.2 Å². The molecular formula is C13H24N2O2. The van der Waals surface area contributed by atoms with Crippen LogP contribution in [0.2, 0.25) is 0 Å². The third kappa shape index (κ3) is 4.02. The van der Waals surface area contributed by atoms with Crippen LogP contribution in [0, 0.1) is 11.8 Å². The van der Waals surface area contributed by atoms with Crippen LogP contribution in [0.1, 0.15) is 40.5 Å². The Balaban J connectivity index is 2.54. The van der Waals surface area contributed by atoms with E-state index in [9.17, 15) is 9.59 Å². The summed E-state index contributed by atoms with van der Waals surface area (Å²) in [7, 11) is 0. The van der Waals surface area contributed by atoms with Gasteiger partial charge in [-0.15, -0.1) is 0 Å². The van der Waals surface area contributed by atoms with Crippen LogP contribution >= 0.6 is 0 Å². The predicted molar refractivity (Wildman–Crippen MR) is 67.4 cm³/mol. The summed E-state index contributed by atoms with van der Waals surface area (Å²) < 4.78 is 0. The molecule has 1 aliphatic rings. The van der Waals surface area contributed by atoms with Gasteiger partial charge >= 0.3 is 0 Å². The van der Waals surface area contributed by atoms with Crippen molar-refractivity contribution >= 4 is 11.8 Å². The number of likely N-dealkylation sites (tertiary alicyclic amines) is 1. The van der Waals surface area contributed by atoms with Gasteiger partial charge in [-0.2, -0.15) is 0 Å². The number of rotatable bonds is 5. The Morgan fingerprint density at radius 2 is 2.00 bits per heavy atom. The lowest BCUT2D eigenvalue weighted by Gasteiger charge is -2.28. The van der Waals surface area contributed by atoms with E-state index in [0.717, 1.165) is 13.0 Å². The smallest absolute Gasteiger partial charge is 0.222 e. The zero-order valence-corrected chi connectivity index (χ0v) is 11.3. The van der Waals surface area contributed by atoms with E-state index in [1.165, 1.54) is 0 Å². The van der Waals surface area contributed by atoms with Crippen molar-refractivity contribution in [3.63, 3.8) is 0 Å². The lowest BCUT2D eigenvalue weighted by molar-refractivity contribution is -0.130. The first kappa shape index (κ1) is 14.0. The Morgan fingerprint density at radius 3 is 2.41 bits per heavy atom. The van der Waals surface area contributed by atoms with Gasteiger partial charge in [-0.3, -0.25) is 9.59 Å². The molecule has 1 fully saturated rings. The maximum Gasteiger partial charge on any atom is 0.222 e. The first-order valence-corrected chi connectivity index (χ1v) is 6.50. The van der Waals surface area contributed by atoms with Crippen molar-refractivity contribution in [3.05, 3.63) is 0 Å². The quantitative estimate of drug-likeness (QED) is 0.790. The Labute approximate surface area is 104 Å². The Kier molecular flexibility index (Phi) is 4.97. The number of hydrogen-bond acceptors (Lipinski definition) is 2. The average molecular weight is 240 g/mol. The summed E-state index contributed by atoms with van der Waals surface area (Å²) in [5.41, 5.74) is 0. The minimum absolute atomic E-state index is 0.00877. The highest BCUT2D eigenvalue weighted by molar-refractivity contribution is 5.79. The average Bonchev–Trinajstić information content (AvgIpc) is 2.62. The lowest BCUT2D eigenvalue weighted by atomic mass is 10.0. The molecule has 0 aromatic carbocycles. The van der Waals surface area contributed by atoms with E-state index in [4.69, 9.17) is 0 Å². The van der Waals surface area contributed by atoms with Crippen molar-refractivity contribution in [3.8, 4) is 0 Å². The van der Waals surface area contributed by atoms with Crippen molar-refractivity contribution in [2.24, 2.45) is 11.8 Å². The molecule has 0 spiro atoms. The summed E-state index contributed by atoms with van der Waals surface area (Å²) in [6, 6.07) is 0.0620. The van der Waals surface area contributed by atoms with Crippen LogP contribution in [-0.2, 0) is 9.59 Å². The van der Waals surface area contributed by atoms with Crippen LogP contribution in [0.5, 0.6) is 0 Å². The van der Waals surface area contributed by atoms with Crippen molar-refractivity contribution in [2.75, 3.05) is 13.1 Å². The van der Waals surface area contributed by atoms with E-state index < -0.39 is 0 Å². The topological polar surface area (TPSA) is 49.4 Å². The highest BCUT2D eigenvalue weighted by Crippen LogP contribution is 2.13. The second kappa shape index (κ2) is 6.03. The highest BCUT2D eigenvalue weighted by atomic mass is 16.2. The summed E-state index contributed by atoms with van der Waals surface area (Å²) >= 11 is 0. The van der Waals surface area contributed by atoms with Gasteiger partial charge in [0, 0.05) is 31.5 Å². The minimum atomic E-state index is -0.00877. The Morgan fingerprint density at radius 1 is 1.35 bits per heavy atom. The molecule has 1 saturated heterocycles. The van der Waals surface area contributed by atoms with E-state index in [-0.39, 0.29) is 23.8 Å². The normalized spacial score (nSPS) is 18.0. The molecule has 0 bridgehead atoms. The van der Waals surface area contributed by atoms with Gasteiger partial charge in [0.2, 0.25) is 11.8 Å². The van der Waals surface area contributed by atoms with Crippen LogP contribution in [0.4, 0.5) is 0 Å². The van der Waals surface area contributed by atoms with Gasteiger partial charge in [0.05, 0.1) is 0 Å². The van der Waals surface area contributed by atoms with Crippen LogP contribution in [0.25, 0.3) is 0 Å². The number of nitrogens with zero attached hydrogens (tertiary/aromatic N) is 1. The molecule has 4 nitrogen and oxygen atoms in total. The van der Waals surface area contributed by atoms with Gasteiger partial charge in [-0.05, 0) is 12.3 Å². The summed E-state index contributed by atoms with van der Waals surface area (Å²) in [5, 5.41) is 3.03. The first-order valence-electron chi connectivity index (χ1n) is 6.50. The number of carbonyl (C=O) groups excluding carboxylic acids is 2. The number of nitrogens with one attached hydrogen (secondary N) is 1. The fraction of sp³-hybridized carbons (Fsp3) is 0.846. The Hall–Kier alpha value is -1.06. The van der Waals surface area contributed by atoms with E-state index in [1.807, 2.05) is 18.7 Å². The van der Waals surface area contributed by atoms with Gasteiger partial charge in [-0.1, -0.05) is 27.7 Å². The molecule has 1 heterocycles. The minimum Gasteiger partial charge on any atom is -0.351 e. The van der Waals surface area contributed by atoms with Crippen LogP contribution < -0.4 is 5.32 Å². The predicted octanol–water partition coefficient (Wildman–Crippen LogP) is 1.41. The fourth-order valence-electron chi connectivity index (χ4n) is 1.91. The lowest BCUT2D eigenvalue weighted by Crippen LogP contribution is -2.48. The molecule has 1 aliphatic heterocycles. The van der Waals surface area contributed by atoms with Crippen LogP contribution in [0.15, 0.2) is 0 Å². The molecule has 1 N–H and O–H groups in total. The zero-order valence-electron chi connectivity index (χ0n) is 11.3. The molecule has 17 heavy (non-hydrogen) atoms. The molecule has 0 aromatic rings. The zero-order chi connectivity index (χ0) is 13.0. The second-order valence-electron chi connectivity index (χ2n) is 5.46. The fourth-order valence-corrected chi connectivity index (χ4v) is 1.91. The number of amides is 2. The molecule has 2 amide bonds. The van der Waals surface area contributed by atoms with E-state index >= 15 is 0 Å². The van der Waals surface area contributed by atoms with Gasteiger partial charge in [0.15, 0.2) is 0 Å². The molecule has 0 radical (unpaired) electrons. The SMILES string of the molecule is CC(C)C(=O)N[C@H](CN1CCCC1=O)C(C)C. The van der Waals surface area contributed by atoms with Gasteiger partial charge in [0.25, 0.3) is 0 Å². The Bertz CT molecular complexity index is 287. The van der Waals surface area contributed by atoms with Gasteiger partial charge < -0.3 is 10.2 Å². The van der Waals surface area contributed by atoms with Gasteiger partial charge in [0.1, 0.15) is 0 Å². The van der Waals surface area contributed by atoms with Crippen molar-refractivity contribution in [1.29, 1.82) is 0 Å². The van der Waals surface area contributed by atoms with Crippen molar-refractivity contribution < 1.29 is 9.59 Å². The molecule has 1 rings (SSSR count). The summed E-state index contributed by atoms with van der Waals surface area (Å²) in [6.07, 6.45) is 1.60. The molecule has 4 heteroatoms. The van der Waals surface area contributed by atoms with Crippen LogP contribution in [0.3, 0.4) is 0 Å². The third-order valence-electron chi connectivity index (χ3n) is 3.25. The summed E-state index contributed by atoms with van der Waals surface area (Å²) in [5.74, 6) is 0.612. The maximum atomic E-state index is 11.7. The standard InChI is InChI=1S/C13H24N2O2/c1-9(2)11(14-13(17)10(3)4)8-15-7-5-6-12(15)16/h9-11H,5-8H2,1-4H3,(H,14,17)/t11-/m1/s1. The highest BCUT2D eigenvalue weighted by Gasteiger charge is 2.26. The largest absolute Gasteiger partial charge is 0.351 e. The molecule has 0 aromatic heterocycles. The number of carbonyl (C=O) groups is 2. The number of hydrogen-bond donors (Lipinski definition) is 1. The maximum absolute atomic E-state index is 11.7. The summed E-state index contributed by atoms with van der Waals surface area (Å²) in [6.45, 7) is 9.40. The second-order valence-corrected chi connectivity index (χ2v) is 5.46. The van der Waals surface area contributed by atoms with Gasteiger partial charge in [-0.25, -0.2) is 0 Å². The molecular weight excluding hydrogens is 216 g/mol. The summed E-state index contributed by atoms with van der Waals surface area (Å²) in [4.78, 5) is 25.1. The molecule has 0 aliphatic carbocycles. The molecule has 98 valence electrons. The third-order valence-corrected chi connectivity index (χ3v) is 3.25. The van der Waals surface area contributed by atoms with E-state index in [2.05, 4.69) is 19.2 Å². The van der Waals surface area contributed by atoms with E-state index in [1.54, 1.807) is 0 Å². The molecule has 1 atom stereocenters. The van der Waals surface area contributed by atoms with Crippen LogP contribution in [-0.4, -0.2) is 35.8 Å². The first-order chi connectivity index (χ1) is 7.91. The molecule has 0 saturated carbocycles.